The average molecular weight is 404 g/mol. The molecular weight excluding hydrogens is 376 g/mol. The number of nitrogens with zero attached hydrogens (tertiary/aromatic N) is 2. The molecule has 158 valence electrons. The maximum absolute atomic E-state index is 11.9. The molecule has 0 aromatic heterocycles. The number of hydrogen-bond acceptors (Lipinski definition) is 6. The average Bonchev–Trinajstić information content (AvgIpc) is 2.66. The zero-order valence-corrected chi connectivity index (χ0v) is 17.1. The molecule has 8 nitrogen and oxygen atoms in total. The van der Waals surface area contributed by atoms with E-state index in [1.54, 1.807) is 12.1 Å². The fourth-order valence-corrected chi connectivity index (χ4v) is 4.59. The zero-order chi connectivity index (χ0) is 21.0. The molecule has 1 aromatic rings. The molecule has 3 heterocycles. The van der Waals surface area contributed by atoms with Gasteiger partial charge < -0.3 is 24.6 Å². The first-order chi connectivity index (χ1) is 13.6. The van der Waals surface area contributed by atoms with Crippen LogP contribution in [0.4, 0.5) is 4.79 Å². The normalized spacial score (nSPS) is 30.3. The molecule has 8 heteroatoms. The predicted molar refractivity (Wildman–Crippen MR) is 104 cm³/mol. The van der Waals surface area contributed by atoms with Gasteiger partial charge in [-0.05, 0) is 23.1 Å². The first-order valence-electron chi connectivity index (χ1n) is 10.0. The summed E-state index contributed by atoms with van der Waals surface area (Å²) in [7, 11) is 0. The number of benzene rings is 1. The molecule has 0 radical (unpaired) electrons. The third kappa shape index (κ3) is 3.60. The fraction of sp³-hybridized carbons (Fsp3) is 0.619. The van der Waals surface area contributed by atoms with Gasteiger partial charge in [-0.2, -0.15) is 0 Å². The summed E-state index contributed by atoms with van der Waals surface area (Å²) in [6.45, 7) is 7.96. The molecule has 3 aliphatic rings. The van der Waals surface area contributed by atoms with Crippen molar-refractivity contribution in [1.82, 2.24) is 9.80 Å². The van der Waals surface area contributed by atoms with E-state index in [1.165, 1.54) is 4.90 Å². The van der Waals surface area contributed by atoms with Crippen LogP contribution in [0.5, 0.6) is 0 Å². The van der Waals surface area contributed by atoms with E-state index >= 15 is 0 Å². The van der Waals surface area contributed by atoms with Crippen LogP contribution in [-0.2, 0) is 21.7 Å². The molecule has 0 bridgehead atoms. The Hall–Kier alpha value is -2.16. The van der Waals surface area contributed by atoms with Crippen LogP contribution in [0.25, 0.3) is 0 Å². The van der Waals surface area contributed by atoms with Crippen LogP contribution in [0.2, 0.25) is 0 Å². The molecule has 1 amide bonds. The summed E-state index contributed by atoms with van der Waals surface area (Å²) < 4.78 is 11.4. The number of cyclic esters (lactones) is 1. The van der Waals surface area contributed by atoms with Crippen molar-refractivity contribution in [2.45, 2.75) is 45.1 Å². The smallest absolute Gasteiger partial charge is 0.407 e. The lowest BCUT2D eigenvalue weighted by Gasteiger charge is -2.55. The molecule has 3 aliphatic heterocycles. The summed E-state index contributed by atoms with van der Waals surface area (Å²) in [5, 5.41) is 21.0. The predicted octanol–water partition coefficient (Wildman–Crippen LogP) is 1.65. The van der Waals surface area contributed by atoms with E-state index in [2.05, 4.69) is 4.90 Å². The highest BCUT2D eigenvalue weighted by Crippen LogP contribution is 2.41. The first kappa shape index (κ1) is 20.1. The van der Waals surface area contributed by atoms with Crippen LogP contribution < -0.4 is 0 Å². The van der Waals surface area contributed by atoms with E-state index in [0.29, 0.717) is 43.8 Å². The summed E-state index contributed by atoms with van der Waals surface area (Å²) in [6, 6.07) is 5.11. The highest BCUT2D eigenvalue weighted by atomic mass is 16.6. The van der Waals surface area contributed by atoms with Crippen LogP contribution in [0.15, 0.2) is 18.2 Å². The van der Waals surface area contributed by atoms with Crippen molar-refractivity contribution >= 4 is 12.1 Å². The van der Waals surface area contributed by atoms with Crippen LogP contribution in [0, 0.1) is 5.41 Å². The van der Waals surface area contributed by atoms with E-state index < -0.39 is 11.9 Å². The lowest BCUT2D eigenvalue weighted by atomic mass is 9.80. The van der Waals surface area contributed by atoms with E-state index in [0.717, 1.165) is 5.56 Å². The van der Waals surface area contributed by atoms with Gasteiger partial charge in [-0.15, -0.1) is 0 Å². The minimum Gasteiger partial charge on any atom is -0.465 e. The van der Waals surface area contributed by atoms with Gasteiger partial charge >= 0.3 is 12.1 Å². The fourth-order valence-electron chi connectivity index (χ4n) is 4.59. The SMILES string of the molecule is CC(C)(C)C1OC(O)(c2ccc3c(c2)CCOC3=O)CN2CCN(C(=O)O)C[C@@H]12. The molecular formula is C21H28N2O6. The lowest BCUT2D eigenvalue weighted by molar-refractivity contribution is -0.313. The van der Waals surface area contributed by atoms with Crippen LogP contribution in [-0.4, -0.2) is 77.0 Å². The van der Waals surface area contributed by atoms with Gasteiger partial charge in [0.1, 0.15) is 0 Å². The summed E-state index contributed by atoms with van der Waals surface area (Å²) in [6.07, 6.45) is -0.697. The minimum atomic E-state index is -1.53. The van der Waals surface area contributed by atoms with Crippen molar-refractivity contribution in [2.24, 2.45) is 5.41 Å². The summed E-state index contributed by atoms with van der Waals surface area (Å²) in [5.41, 5.74) is 1.68. The summed E-state index contributed by atoms with van der Waals surface area (Å²) in [4.78, 5) is 27.0. The van der Waals surface area contributed by atoms with Crippen molar-refractivity contribution in [2.75, 3.05) is 32.8 Å². The number of carboxylic acid groups (broad SMARTS) is 1. The van der Waals surface area contributed by atoms with Crippen molar-refractivity contribution < 1.29 is 29.3 Å². The second kappa shape index (κ2) is 6.97. The summed E-state index contributed by atoms with van der Waals surface area (Å²) in [5.74, 6) is -1.87. The Morgan fingerprint density at radius 1 is 1.28 bits per heavy atom. The van der Waals surface area contributed by atoms with Crippen molar-refractivity contribution in [3.8, 4) is 0 Å². The number of morpholine rings is 1. The molecule has 0 spiro atoms. The topological polar surface area (TPSA) is 99.5 Å². The van der Waals surface area contributed by atoms with E-state index in [-0.39, 0.29) is 30.1 Å². The Morgan fingerprint density at radius 3 is 2.72 bits per heavy atom. The maximum atomic E-state index is 11.9. The molecule has 0 saturated carbocycles. The van der Waals surface area contributed by atoms with Crippen molar-refractivity contribution in [3.63, 3.8) is 0 Å². The Balaban J connectivity index is 1.67. The van der Waals surface area contributed by atoms with E-state index in [9.17, 15) is 19.8 Å². The largest absolute Gasteiger partial charge is 0.465 e. The molecule has 2 saturated heterocycles. The van der Waals surface area contributed by atoms with Gasteiger partial charge in [-0.25, -0.2) is 9.59 Å². The molecule has 3 atom stereocenters. The number of esters is 1. The minimum absolute atomic E-state index is 0.132. The number of fused-ring (bicyclic) bond motifs is 2. The number of piperazine rings is 1. The Labute approximate surface area is 170 Å². The first-order valence-corrected chi connectivity index (χ1v) is 10.0. The molecule has 1 aromatic carbocycles. The number of aliphatic hydroxyl groups is 1. The molecule has 2 N–H and O–H groups in total. The molecule has 4 rings (SSSR count). The van der Waals surface area contributed by atoms with E-state index in [4.69, 9.17) is 9.47 Å². The van der Waals surface area contributed by atoms with Crippen LogP contribution in [0.3, 0.4) is 0 Å². The maximum Gasteiger partial charge on any atom is 0.407 e. The second-order valence-electron chi connectivity index (χ2n) is 9.21. The monoisotopic (exact) mass is 404 g/mol. The number of carbonyl (C=O) groups excluding carboxylic acids is 1. The Kier molecular flexibility index (Phi) is 4.83. The second-order valence-corrected chi connectivity index (χ2v) is 9.21. The molecule has 2 fully saturated rings. The van der Waals surface area contributed by atoms with Crippen LogP contribution >= 0.6 is 0 Å². The van der Waals surface area contributed by atoms with Gasteiger partial charge in [0, 0.05) is 31.6 Å². The quantitative estimate of drug-likeness (QED) is 0.687. The number of rotatable bonds is 1. The standard InChI is InChI=1S/C21H28N2O6/c1-20(2,3)17-16-11-22(19(25)26)7-8-23(16)12-21(27,29-17)14-4-5-15-13(10-14)6-9-28-18(15)24/h4-5,10,16-17,27H,6-9,11-12H2,1-3H3,(H,25,26)/t16-,17?,21?/m0/s1. The number of ether oxygens (including phenoxy) is 2. The Morgan fingerprint density at radius 2 is 2.03 bits per heavy atom. The third-order valence-corrected chi connectivity index (χ3v) is 6.13. The zero-order valence-electron chi connectivity index (χ0n) is 17.1. The van der Waals surface area contributed by atoms with Gasteiger partial charge in [-0.1, -0.05) is 26.8 Å². The van der Waals surface area contributed by atoms with E-state index in [1.807, 2.05) is 26.8 Å². The highest BCUT2D eigenvalue weighted by Gasteiger charge is 2.51. The van der Waals surface area contributed by atoms with Gasteiger partial charge in [0.25, 0.3) is 0 Å². The lowest BCUT2D eigenvalue weighted by Crippen LogP contribution is -2.69. The van der Waals surface area contributed by atoms with Gasteiger partial charge in [0.2, 0.25) is 5.79 Å². The number of hydrogen-bond donors (Lipinski definition) is 2. The van der Waals surface area contributed by atoms with Crippen molar-refractivity contribution in [3.05, 3.63) is 34.9 Å². The summed E-state index contributed by atoms with van der Waals surface area (Å²) >= 11 is 0. The molecule has 0 aliphatic carbocycles. The molecule has 29 heavy (non-hydrogen) atoms. The number of amides is 1. The van der Waals surface area contributed by atoms with Gasteiger partial charge in [-0.3, -0.25) is 4.90 Å². The van der Waals surface area contributed by atoms with Crippen LogP contribution in [0.1, 0.15) is 42.3 Å². The Bertz CT molecular complexity index is 835. The van der Waals surface area contributed by atoms with Gasteiger partial charge in [0.05, 0.1) is 30.9 Å². The van der Waals surface area contributed by atoms with Crippen molar-refractivity contribution in [1.29, 1.82) is 0 Å². The number of carbonyl (C=O) groups is 2. The van der Waals surface area contributed by atoms with Gasteiger partial charge in [0.15, 0.2) is 0 Å². The third-order valence-electron chi connectivity index (χ3n) is 6.13. The molecule has 2 unspecified atom stereocenters. The highest BCUT2D eigenvalue weighted by molar-refractivity contribution is 5.92.